The molecule has 0 fully saturated rings. The zero-order valence-corrected chi connectivity index (χ0v) is 8.88. The maximum Gasteiger partial charge on any atom is 0.150 e. The van der Waals surface area contributed by atoms with Crippen molar-refractivity contribution in [1.82, 2.24) is 9.97 Å². The second kappa shape index (κ2) is 5.18. The summed E-state index contributed by atoms with van der Waals surface area (Å²) in [6, 6.07) is 0. The van der Waals surface area contributed by atoms with Gasteiger partial charge in [-0.2, -0.15) is 0 Å². The Morgan fingerprint density at radius 3 is 2.54 bits per heavy atom. The summed E-state index contributed by atoms with van der Waals surface area (Å²) < 4.78 is 0. The minimum absolute atomic E-state index is 0.464. The highest BCUT2D eigenvalue weighted by Gasteiger charge is 2.13. The fourth-order valence-electron chi connectivity index (χ4n) is 1.49. The SMILES string of the molecule is CCCC(CC)c1nccnc1Cl. The second-order valence-corrected chi connectivity index (χ2v) is 3.48. The number of halogens is 1. The fourth-order valence-corrected chi connectivity index (χ4v) is 1.75. The molecule has 1 aromatic heterocycles. The summed E-state index contributed by atoms with van der Waals surface area (Å²) in [5.74, 6) is 0.464. The van der Waals surface area contributed by atoms with Crippen LogP contribution >= 0.6 is 11.6 Å². The van der Waals surface area contributed by atoms with Crippen LogP contribution in [-0.2, 0) is 0 Å². The Kier molecular flexibility index (Phi) is 4.16. The molecular formula is C10H15ClN2. The molecule has 0 amide bonds. The smallest absolute Gasteiger partial charge is 0.150 e. The van der Waals surface area contributed by atoms with E-state index in [2.05, 4.69) is 23.8 Å². The number of hydrogen-bond acceptors (Lipinski definition) is 2. The van der Waals surface area contributed by atoms with Gasteiger partial charge in [-0.3, -0.25) is 4.98 Å². The third kappa shape index (κ3) is 2.66. The van der Waals surface area contributed by atoms with Crippen LogP contribution in [-0.4, -0.2) is 9.97 Å². The van der Waals surface area contributed by atoms with Crippen molar-refractivity contribution >= 4 is 11.6 Å². The Bertz CT molecular complexity index is 263. The van der Waals surface area contributed by atoms with Crippen molar-refractivity contribution in [3.63, 3.8) is 0 Å². The summed E-state index contributed by atoms with van der Waals surface area (Å²) in [4.78, 5) is 8.31. The molecule has 0 aliphatic rings. The maximum atomic E-state index is 5.96. The van der Waals surface area contributed by atoms with Gasteiger partial charge in [0.1, 0.15) is 0 Å². The summed E-state index contributed by atoms with van der Waals surface area (Å²) in [5.41, 5.74) is 0.952. The highest BCUT2D eigenvalue weighted by Crippen LogP contribution is 2.26. The van der Waals surface area contributed by atoms with E-state index in [1.54, 1.807) is 12.4 Å². The van der Waals surface area contributed by atoms with Gasteiger partial charge in [0.15, 0.2) is 5.15 Å². The van der Waals surface area contributed by atoms with Crippen molar-refractivity contribution in [3.8, 4) is 0 Å². The molecule has 0 aromatic carbocycles. The molecule has 13 heavy (non-hydrogen) atoms. The molecule has 0 bridgehead atoms. The van der Waals surface area contributed by atoms with Crippen molar-refractivity contribution in [2.45, 2.75) is 39.0 Å². The first kappa shape index (κ1) is 10.5. The monoisotopic (exact) mass is 198 g/mol. The van der Waals surface area contributed by atoms with Gasteiger partial charge in [0.25, 0.3) is 0 Å². The predicted molar refractivity (Wildman–Crippen MR) is 55.0 cm³/mol. The van der Waals surface area contributed by atoms with Crippen molar-refractivity contribution in [3.05, 3.63) is 23.2 Å². The summed E-state index contributed by atoms with van der Waals surface area (Å²) in [6.45, 7) is 4.33. The standard InChI is InChI=1S/C10H15ClN2/c1-3-5-8(4-2)9-10(11)13-7-6-12-9/h6-8H,3-5H2,1-2H3. The largest absolute Gasteiger partial charge is 0.256 e. The molecule has 1 atom stereocenters. The lowest BCUT2D eigenvalue weighted by Gasteiger charge is -2.13. The molecule has 0 radical (unpaired) electrons. The Morgan fingerprint density at radius 1 is 1.31 bits per heavy atom. The summed E-state index contributed by atoms with van der Waals surface area (Å²) in [5, 5.41) is 0.558. The van der Waals surface area contributed by atoms with Gasteiger partial charge in [0.2, 0.25) is 0 Å². The van der Waals surface area contributed by atoms with Gasteiger partial charge in [0.05, 0.1) is 5.69 Å². The number of aromatic nitrogens is 2. The van der Waals surface area contributed by atoms with Gasteiger partial charge in [-0.15, -0.1) is 0 Å². The second-order valence-electron chi connectivity index (χ2n) is 3.13. The summed E-state index contributed by atoms with van der Waals surface area (Å²) >= 11 is 5.96. The number of hydrogen-bond donors (Lipinski definition) is 0. The van der Waals surface area contributed by atoms with Gasteiger partial charge < -0.3 is 0 Å². The van der Waals surface area contributed by atoms with Crippen LogP contribution in [0.3, 0.4) is 0 Å². The van der Waals surface area contributed by atoms with E-state index in [-0.39, 0.29) is 0 Å². The molecule has 0 spiro atoms. The van der Waals surface area contributed by atoms with E-state index < -0.39 is 0 Å². The van der Waals surface area contributed by atoms with Crippen LogP contribution < -0.4 is 0 Å². The van der Waals surface area contributed by atoms with Gasteiger partial charge in [-0.1, -0.05) is 31.9 Å². The normalized spacial score (nSPS) is 12.8. The van der Waals surface area contributed by atoms with Crippen LogP contribution in [0.2, 0.25) is 5.15 Å². The zero-order chi connectivity index (χ0) is 9.68. The first-order valence-corrected chi connectivity index (χ1v) is 5.13. The molecular weight excluding hydrogens is 184 g/mol. The summed E-state index contributed by atoms with van der Waals surface area (Å²) in [7, 11) is 0. The molecule has 3 heteroatoms. The van der Waals surface area contributed by atoms with Crippen molar-refractivity contribution < 1.29 is 0 Å². The van der Waals surface area contributed by atoms with E-state index in [0.29, 0.717) is 11.1 Å². The molecule has 0 saturated heterocycles. The highest BCUT2D eigenvalue weighted by molar-refractivity contribution is 6.30. The molecule has 0 aliphatic heterocycles. The van der Waals surface area contributed by atoms with Crippen LogP contribution in [0.1, 0.15) is 44.7 Å². The van der Waals surface area contributed by atoms with E-state index >= 15 is 0 Å². The Morgan fingerprint density at radius 2 is 2.00 bits per heavy atom. The Hall–Kier alpha value is -0.630. The first-order chi connectivity index (χ1) is 6.29. The Labute approximate surface area is 84.4 Å². The van der Waals surface area contributed by atoms with Crippen LogP contribution in [0.4, 0.5) is 0 Å². The lowest BCUT2D eigenvalue weighted by Crippen LogP contribution is -2.01. The quantitative estimate of drug-likeness (QED) is 0.741. The van der Waals surface area contributed by atoms with Gasteiger partial charge >= 0.3 is 0 Å². The van der Waals surface area contributed by atoms with E-state index in [9.17, 15) is 0 Å². The molecule has 1 unspecified atom stereocenters. The average Bonchev–Trinajstić information content (AvgIpc) is 2.16. The minimum Gasteiger partial charge on any atom is -0.256 e. The molecule has 72 valence electrons. The lowest BCUT2D eigenvalue weighted by atomic mass is 9.97. The van der Waals surface area contributed by atoms with E-state index in [1.807, 2.05) is 0 Å². The van der Waals surface area contributed by atoms with Crippen molar-refractivity contribution in [2.75, 3.05) is 0 Å². The highest BCUT2D eigenvalue weighted by atomic mass is 35.5. The minimum atomic E-state index is 0.464. The molecule has 0 N–H and O–H groups in total. The van der Waals surface area contributed by atoms with Crippen LogP contribution in [0.25, 0.3) is 0 Å². The average molecular weight is 199 g/mol. The zero-order valence-electron chi connectivity index (χ0n) is 8.13. The lowest BCUT2D eigenvalue weighted by molar-refractivity contribution is 0.579. The van der Waals surface area contributed by atoms with Crippen LogP contribution in [0.15, 0.2) is 12.4 Å². The van der Waals surface area contributed by atoms with E-state index in [0.717, 1.165) is 25.0 Å². The number of rotatable bonds is 4. The topological polar surface area (TPSA) is 25.8 Å². The third-order valence-electron chi connectivity index (χ3n) is 2.20. The summed E-state index contributed by atoms with van der Waals surface area (Å²) in [6.07, 6.45) is 6.70. The molecule has 0 saturated carbocycles. The van der Waals surface area contributed by atoms with E-state index in [4.69, 9.17) is 11.6 Å². The number of nitrogens with zero attached hydrogens (tertiary/aromatic N) is 2. The van der Waals surface area contributed by atoms with Crippen LogP contribution in [0, 0.1) is 0 Å². The maximum absolute atomic E-state index is 5.96. The van der Waals surface area contributed by atoms with Crippen molar-refractivity contribution in [1.29, 1.82) is 0 Å². The first-order valence-electron chi connectivity index (χ1n) is 4.76. The van der Waals surface area contributed by atoms with Gasteiger partial charge in [0, 0.05) is 18.3 Å². The molecule has 1 heterocycles. The fraction of sp³-hybridized carbons (Fsp3) is 0.600. The van der Waals surface area contributed by atoms with Gasteiger partial charge in [-0.05, 0) is 12.8 Å². The molecule has 1 rings (SSSR count). The third-order valence-corrected chi connectivity index (χ3v) is 2.49. The van der Waals surface area contributed by atoms with Crippen molar-refractivity contribution in [2.24, 2.45) is 0 Å². The Balaban J connectivity index is 2.84. The van der Waals surface area contributed by atoms with E-state index in [1.165, 1.54) is 0 Å². The molecule has 2 nitrogen and oxygen atoms in total. The molecule has 0 aliphatic carbocycles. The molecule has 1 aromatic rings. The van der Waals surface area contributed by atoms with Crippen LogP contribution in [0.5, 0.6) is 0 Å². The predicted octanol–water partition coefficient (Wildman–Crippen LogP) is 3.42. The van der Waals surface area contributed by atoms with Gasteiger partial charge in [-0.25, -0.2) is 4.98 Å².